The number of carbonyl (C=O) groups is 1. The number of benzene rings is 2. The Morgan fingerprint density at radius 1 is 0.959 bits per heavy atom. The van der Waals surface area contributed by atoms with Crippen LogP contribution in [0.1, 0.15) is 94.4 Å². The predicted molar refractivity (Wildman–Crippen MR) is 191 cm³/mol. The molecule has 10 heteroatoms. The number of esters is 1. The van der Waals surface area contributed by atoms with Crippen molar-refractivity contribution in [2.45, 2.75) is 101 Å². The van der Waals surface area contributed by atoms with E-state index in [1.54, 1.807) is 24.3 Å². The normalized spacial score (nSPS) is 22.8. The van der Waals surface area contributed by atoms with Crippen molar-refractivity contribution >= 4 is 23.3 Å². The molecule has 0 radical (unpaired) electrons. The van der Waals surface area contributed by atoms with Crippen LogP contribution in [0, 0.1) is 0 Å². The Hall–Kier alpha value is -2.82. The van der Waals surface area contributed by atoms with Crippen LogP contribution in [-0.2, 0) is 15.1 Å². The minimum Gasteiger partial charge on any atom is -1.00 e. The van der Waals surface area contributed by atoms with Crippen molar-refractivity contribution in [3.8, 4) is 5.88 Å². The molecule has 8 nitrogen and oxygen atoms in total. The van der Waals surface area contributed by atoms with Crippen LogP contribution in [0.5, 0.6) is 5.88 Å². The first-order valence-corrected chi connectivity index (χ1v) is 18.9. The highest BCUT2D eigenvalue weighted by atomic mass is 35.5. The summed E-state index contributed by atoms with van der Waals surface area (Å²) in [5.41, 5.74) is 1.54. The second-order valence-electron chi connectivity index (χ2n) is 14.2. The summed E-state index contributed by atoms with van der Waals surface area (Å²) >= 11 is 1.25. The topological polar surface area (TPSA) is 84.8 Å². The lowest BCUT2D eigenvalue weighted by Crippen LogP contribution is -3.00. The van der Waals surface area contributed by atoms with Gasteiger partial charge in [0.15, 0.2) is 0 Å². The first kappa shape index (κ1) is 37.4. The van der Waals surface area contributed by atoms with Gasteiger partial charge in [-0.3, -0.25) is 0 Å². The van der Waals surface area contributed by atoms with Crippen LogP contribution < -0.4 is 17.1 Å². The summed E-state index contributed by atoms with van der Waals surface area (Å²) in [5, 5.41) is 11.6. The summed E-state index contributed by atoms with van der Waals surface area (Å²) in [7, 11) is 2.14. The molecule has 1 spiro atoms. The van der Waals surface area contributed by atoms with E-state index in [1.165, 1.54) is 79.8 Å². The first-order valence-electron chi connectivity index (χ1n) is 18.2. The Labute approximate surface area is 302 Å². The lowest BCUT2D eigenvalue weighted by Gasteiger charge is -2.47. The van der Waals surface area contributed by atoms with E-state index in [4.69, 9.17) is 9.47 Å². The molecule has 5 heterocycles. The fraction of sp³-hybridized carbons (Fsp3) is 0.564. The number of ether oxygens (including phenoxy) is 2. The second kappa shape index (κ2) is 17.4. The van der Waals surface area contributed by atoms with Gasteiger partial charge in [0.1, 0.15) is 11.8 Å². The molecule has 0 amide bonds. The number of halogens is 1. The van der Waals surface area contributed by atoms with Crippen LogP contribution in [0.4, 0.5) is 0 Å². The highest BCUT2D eigenvalue weighted by Crippen LogP contribution is 2.46. The molecule has 3 fully saturated rings. The monoisotopic (exact) mass is 708 g/mol. The van der Waals surface area contributed by atoms with Gasteiger partial charge in [0.2, 0.25) is 5.60 Å². The van der Waals surface area contributed by atoms with Gasteiger partial charge in [0.25, 0.3) is 5.88 Å². The van der Waals surface area contributed by atoms with Gasteiger partial charge in [-0.2, -0.15) is 4.37 Å². The van der Waals surface area contributed by atoms with Gasteiger partial charge in [0, 0.05) is 51.6 Å². The van der Waals surface area contributed by atoms with Crippen molar-refractivity contribution in [3.05, 3.63) is 83.6 Å². The van der Waals surface area contributed by atoms with Crippen LogP contribution in [0.25, 0.3) is 5.57 Å². The van der Waals surface area contributed by atoms with E-state index in [0.717, 1.165) is 57.0 Å². The van der Waals surface area contributed by atoms with Gasteiger partial charge in [0.05, 0.1) is 43.5 Å². The molecule has 2 aromatic carbocycles. The molecule has 2 bridgehead atoms. The zero-order valence-corrected chi connectivity index (χ0v) is 30.7. The predicted octanol–water partition coefficient (Wildman–Crippen LogP) is 3.99. The third-order valence-corrected chi connectivity index (χ3v) is 11.6. The van der Waals surface area contributed by atoms with Crippen LogP contribution in [-0.4, -0.2) is 87.2 Å². The Kier molecular flexibility index (Phi) is 13.3. The number of rotatable bonds is 11. The number of likely N-dealkylation sites (N-methyl/N-ethyl adjacent to an activating group) is 1. The quantitative estimate of drug-likeness (QED) is 0.183. The zero-order chi connectivity index (χ0) is 33.4. The number of hydrogen-bond donors (Lipinski definition) is 1. The van der Waals surface area contributed by atoms with E-state index in [9.17, 15) is 9.90 Å². The third kappa shape index (κ3) is 8.39. The van der Waals surface area contributed by atoms with E-state index < -0.39 is 11.6 Å². The van der Waals surface area contributed by atoms with E-state index in [-0.39, 0.29) is 18.5 Å². The number of aliphatic hydroxyl groups is 1. The maximum Gasteiger partial charge on any atom is 0.347 e. The van der Waals surface area contributed by atoms with Crippen molar-refractivity contribution in [1.29, 1.82) is 0 Å². The van der Waals surface area contributed by atoms with Crippen molar-refractivity contribution in [2.24, 2.45) is 0 Å². The molecular weight excluding hydrogens is 656 g/mol. The average molecular weight is 709 g/mol. The molecule has 266 valence electrons. The van der Waals surface area contributed by atoms with Gasteiger partial charge >= 0.3 is 5.97 Å². The minimum atomic E-state index is -1.78. The summed E-state index contributed by atoms with van der Waals surface area (Å²) in [4.78, 5) is 15.7. The molecular formula is C39H53ClN4O4S. The van der Waals surface area contributed by atoms with Crippen LogP contribution in [0.3, 0.4) is 0 Å². The Bertz CT molecular complexity index is 1440. The lowest BCUT2D eigenvalue weighted by atomic mass is 9.86. The molecule has 0 aliphatic carbocycles. The highest BCUT2D eigenvalue weighted by Gasteiger charge is 2.56. The highest BCUT2D eigenvalue weighted by molar-refractivity contribution is 6.99. The van der Waals surface area contributed by atoms with Crippen molar-refractivity contribution in [1.82, 2.24) is 13.6 Å². The fourth-order valence-electron chi connectivity index (χ4n) is 8.54. The maximum atomic E-state index is 13.4. The summed E-state index contributed by atoms with van der Waals surface area (Å²) in [5.74, 6) is 0.178. The number of aromatic nitrogens is 2. The molecule has 3 aromatic rings. The molecule has 49 heavy (non-hydrogen) atoms. The molecule has 4 aliphatic rings. The smallest absolute Gasteiger partial charge is 0.347 e. The summed E-state index contributed by atoms with van der Waals surface area (Å²) in [6.45, 7) is 7.63. The van der Waals surface area contributed by atoms with Gasteiger partial charge in [-0.05, 0) is 36.6 Å². The van der Waals surface area contributed by atoms with Crippen LogP contribution in [0.2, 0.25) is 0 Å². The summed E-state index contributed by atoms with van der Waals surface area (Å²) in [6.07, 6.45) is 15.1. The van der Waals surface area contributed by atoms with Crippen LogP contribution in [0.15, 0.2) is 66.7 Å². The van der Waals surface area contributed by atoms with Gasteiger partial charge in [-0.1, -0.05) is 92.9 Å². The van der Waals surface area contributed by atoms with Gasteiger partial charge < -0.3 is 36.4 Å². The number of unbranched alkanes of at least 4 members (excludes halogenated alkanes) is 3. The average Bonchev–Trinajstić information content (AvgIpc) is 3.84. The molecule has 0 unspecified atom stereocenters. The SMILES string of the molecule is CCCCCCOc1nsnc1C1=CCCN(C)C1.O=C(O[C@H]1C[C@H]2CC[C@@H](C1)[N+]21CCCC1)C(O)(c1ccccc1)c1ccccc1.[Cl-]. The fourth-order valence-corrected chi connectivity index (χ4v) is 9.07. The largest absolute Gasteiger partial charge is 1.00 e. The van der Waals surface area contributed by atoms with Crippen molar-refractivity contribution in [3.63, 3.8) is 0 Å². The Balaban J connectivity index is 0.000000205. The molecule has 3 atom stereocenters. The zero-order valence-electron chi connectivity index (χ0n) is 29.1. The Morgan fingerprint density at radius 2 is 1.59 bits per heavy atom. The third-order valence-electron chi connectivity index (χ3n) is 11.0. The number of nitrogens with zero attached hydrogens (tertiary/aromatic N) is 4. The molecule has 0 saturated carbocycles. The first-order chi connectivity index (χ1) is 23.4. The molecule has 7 rings (SSSR count). The van der Waals surface area contributed by atoms with Gasteiger partial charge in [-0.25, -0.2) is 4.79 Å². The number of hydrogen-bond acceptors (Lipinski definition) is 8. The van der Waals surface area contributed by atoms with Gasteiger partial charge in [-0.15, -0.1) is 4.37 Å². The lowest BCUT2D eigenvalue weighted by molar-refractivity contribution is -0.956. The summed E-state index contributed by atoms with van der Waals surface area (Å²) in [6, 6.07) is 19.6. The molecule has 4 aliphatic heterocycles. The van der Waals surface area contributed by atoms with E-state index in [2.05, 4.69) is 33.7 Å². The number of carbonyl (C=O) groups excluding carboxylic acids is 1. The Morgan fingerprint density at radius 3 is 2.18 bits per heavy atom. The van der Waals surface area contributed by atoms with E-state index >= 15 is 0 Å². The van der Waals surface area contributed by atoms with Crippen molar-refractivity contribution < 1.29 is 36.3 Å². The number of quaternary nitrogens is 1. The maximum absolute atomic E-state index is 13.4. The minimum absolute atomic E-state index is 0. The molecule has 3 saturated heterocycles. The van der Waals surface area contributed by atoms with Crippen LogP contribution >= 0.6 is 11.7 Å². The standard InChI is InChI=1S/C25H30NO3.C14H23N3OS.ClH/c27-24(25(28,19-9-3-1-4-10-19)20-11-5-2-6-12-20)29-23-17-21-13-14-22(18-23)26(21)15-7-8-16-26;1-3-4-5-6-10-18-14-13(15-19-16-14)12-8-7-9-17(2)11-12;/h1-6,9-12,21-23,28H,7-8,13-18H2;8H,3-7,9-11H2,1-2H3;1H/q+1;;/p-1/t21-,22+,23+;;. The molecule has 1 aromatic heterocycles. The number of piperidine rings is 1. The molecule has 1 N–H and O–H groups in total. The van der Waals surface area contributed by atoms with E-state index in [0.29, 0.717) is 23.2 Å². The van der Waals surface area contributed by atoms with Crippen molar-refractivity contribution in [2.75, 3.05) is 39.8 Å². The summed E-state index contributed by atoms with van der Waals surface area (Å²) < 4.78 is 21.8. The van der Waals surface area contributed by atoms with E-state index in [1.807, 2.05) is 36.4 Å². The second-order valence-corrected chi connectivity index (χ2v) is 14.7.